The third-order valence-corrected chi connectivity index (χ3v) is 4.61. The van der Waals surface area contributed by atoms with E-state index in [4.69, 9.17) is 4.74 Å². The fourth-order valence-electron chi connectivity index (χ4n) is 3.57. The van der Waals surface area contributed by atoms with Crippen molar-refractivity contribution in [1.29, 1.82) is 0 Å². The maximum absolute atomic E-state index is 11.8. The van der Waals surface area contributed by atoms with Gasteiger partial charge in [-0.15, -0.1) is 0 Å². The fourth-order valence-corrected chi connectivity index (χ4v) is 3.57. The summed E-state index contributed by atoms with van der Waals surface area (Å²) in [7, 11) is 0. The quantitative estimate of drug-likeness (QED) is 0.720. The predicted octanol–water partition coefficient (Wildman–Crippen LogP) is 2.62. The molecule has 1 aromatic carbocycles. The smallest absolute Gasteiger partial charge is 0.309 e. The first-order valence-corrected chi connectivity index (χ1v) is 6.52. The number of H-pyrrole nitrogens is 1. The molecule has 3 heteroatoms. The molecule has 1 N–H and O–H groups in total. The van der Waals surface area contributed by atoms with Crippen molar-refractivity contribution >= 4 is 16.9 Å². The zero-order chi connectivity index (χ0) is 12.3. The topological polar surface area (TPSA) is 42.1 Å². The number of hydrogen-bond donors (Lipinski definition) is 1. The van der Waals surface area contributed by atoms with Crippen LogP contribution in [0.1, 0.15) is 24.1 Å². The van der Waals surface area contributed by atoms with Crippen LogP contribution in [0, 0.1) is 11.8 Å². The number of ether oxygens (including phenoxy) is 1. The van der Waals surface area contributed by atoms with E-state index in [1.165, 1.54) is 22.2 Å². The number of aromatic amines is 1. The molecule has 2 aliphatic rings. The van der Waals surface area contributed by atoms with Crippen molar-refractivity contribution in [2.45, 2.75) is 19.3 Å². The van der Waals surface area contributed by atoms with Gasteiger partial charge in [0.25, 0.3) is 0 Å². The van der Waals surface area contributed by atoms with Gasteiger partial charge < -0.3 is 9.72 Å². The Morgan fingerprint density at radius 2 is 2.17 bits per heavy atom. The average Bonchev–Trinajstić information content (AvgIpc) is 2.93. The van der Waals surface area contributed by atoms with Crippen molar-refractivity contribution in [3.63, 3.8) is 0 Å². The van der Waals surface area contributed by atoms with Crippen LogP contribution in [-0.2, 0) is 16.0 Å². The van der Waals surface area contributed by atoms with Gasteiger partial charge in [-0.2, -0.15) is 0 Å². The van der Waals surface area contributed by atoms with Crippen LogP contribution >= 0.6 is 0 Å². The summed E-state index contributed by atoms with van der Waals surface area (Å²) >= 11 is 0. The highest BCUT2D eigenvalue weighted by molar-refractivity contribution is 5.87. The lowest BCUT2D eigenvalue weighted by Crippen LogP contribution is -2.28. The molecule has 1 saturated heterocycles. The van der Waals surface area contributed by atoms with Crippen molar-refractivity contribution in [2.24, 2.45) is 11.8 Å². The summed E-state index contributed by atoms with van der Waals surface area (Å²) in [6.07, 6.45) is 0.827. The van der Waals surface area contributed by atoms with Crippen LogP contribution in [0.4, 0.5) is 0 Å². The average molecular weight is 241 g/mol. The van der Waals surface area contributed by atoms with Gasteiger partial charge >= 0.3 is 5.97 Å². The molecule has 0 saturated carbocycles. The van der Waals surface area contributed by atoms with Crippen LogP contribution in [0.3, 0.4) is 0 Å². The summed E-state index contributed by atoms with van der Waals surface area (Å²) in [6, 6.07) is 8.34. The number of aromatic nitrogens is 1. The summed E-state index contributed by atoms with van der Waals surface area (Å²) in [5.74, 6) is 0.769. The SMILES string of the molecule is CC1c2[nH]c3ccccc3c2CC2C(=O)OCC21. The van der Waals surface area contributed by atoms with Gasteiger partial charge in [0.15, 0.2) is 0 Å². The molecule has 3 nitrogen and oxygen atoms in total. The van der Waals surface area contributed by atoms with Gasteiger partial charge in [0.2, 0.25) is 0 Å². The molecular weight excluding hydrogens is 226 g/mol. The molecule has 2 aromatic rings. The summed E-state index contributed by atoms with van der Waals surface area (Å²) in [6.45, 7) is 2.78. The minimum absolute atomic E-state index is 0.0113. The first kappa shape index (κ1) is 10.2. The molecule has 4 rings (SSSR count). The van der Waals surface area contributed by atoms with E-state index in [-0.39, 0.29) is 11.9 Å². The molecule has 3 atom stereocenters. The maximum Gasteiger partial charge on any atom is 0.309 e. The van der Waals surface area contributed by atoms with E-state index in [0.717, 1.165) is 6.42 Å². The van der Waals surface area contributed by atoms with Gasteiger partial charge in [-0.05, 0) is 18.1 Å². The molecule has 18 heavy (non-hydrogen) atoms. The number of fused-ring (bicyclic) bond motifs is 4. The van der Waals surface area contributed by atoms with Gasteiger partial charge in [0.05, 0.1) is 12.5 Å². The highest BCUT2D eigenvalue weighted by Crippen LogP contribution is 2.45. The Bertz CT molecular complexity index is 643. The number of carbonyl (C=O) groups excluding carboxylic acids is 1. The number of cyclic esters (lactones) is 1. The third kappa shape index (κ3) is 1.17. The monoisotopic (exact) mass is 241 g/mol. The molecule has 0 bridgehead atoms. The Morgan fingerprint density at radius 1 is 1.33 bits per heavy atom. The number of rotatable bonds is 0. The lowest BCUT2D eigenvalue weighted by Gasteiger charge is -2.28. The van der Waals surface area contributed by atoms with Crippen molar-refractivity contribution in [1.82, 2.24) is 4.98 Å². The number of esters is 1. The number of para-hydroxylation sites is 1. The van der Waals surface area contributed by atoms with Crippen LogP contribution in [0.15, 0.2) is 24.3 Å². The molecule has 0 radical (unpaired) electrons. The molecular formula is C15H15NO2. The van der Waals surface area contributed by atoms with Crippen LogP contribution < -0.4 is 0 Å². The summed E-state index contributed by atoms with van der Waals surface area (Å²) in [5, 5.41) is 1.26. The molecule has 1 aliphatic carbocycles. The van der Waals surface area contributed by atoms with Crippen LogP contribution in [-0.4, -0.2) is 17.6 Å². The number of carbonyl (C=O) groups is 1. The first-order valence-electron chi connectivity index (χ1n) is 6.52. The Labute approximate surface area is 105 Å². The highest BCUT2D eigenvalue weighted by Gasteiger charge is 2.45. The first-order chi connectivity index (χ1) is 8.75. The molecule has 0 spiro atoms. The van der Waals surface area contributed by atoms with E-state index in [1.54, 1.807) is 0 Å². The molecule has 1 aromatic heterocycles. The van der Waals surface area contributed by atoms with Crippen molar-refractivity contribution in [2.75, 3.05) is 6.61 Å². The van der Waals surface area contributed by atoms with Gasteiger partial charge in [0.1, 0.15) is 0 Å². The largest absolute Gasteiger partial charge is 0.465 e. The van der Waals surface area contributed by atoms with E-state index in [9.17, 15) is 4.79 Å². The zero-order valence-corrected chi connectivity index (χ0v) is 10.3. The summed E-state index contributed by atoms with van der Waals surface area (Å²) in [5.41, 5.74) is 3.80. The van der Waals surface area contributed by atoms with E-state index >= 15 is 0 Å². The Morgan fingerprint density at radius 3 is 3.06 bits per heavy atom. The normalized spacial score (nSPS) is 30.1. The van der Waals surface area contributed by atoms with E-state index in [1.807, 2.05) is 6.07 Å². The van der Waals surface area contributed by atoms with E-state index < -0.39 is 0 Å². The molecule has 92 valence electrons. The van der Waals surface area contributed by atoms with Gasteiger partial charge in [0, 0.05) is 28.4 Å². The van der Waals surface area contributed by atoms with Gasteiger partial charge in [-0.3, -0.25) is 4.79 Å². The van der Waals surface area contributed by atoms with Crippen molar-refractivity contribution in [3.05, 3.63) is 35.5 Å². The lowest BCUT2D eigenvalue weighted by atomic mass is 9.73. The number of nitrogens with one attached hydrogen (secondary N) is 1. The zero-order valence-electron chi connectivity index (χ0n) is 10.3. The van der Waals surface area contributed by atoms with Crippen molar-refractivity contribution in [3.8, 4) is 0 Å². The molecule has 1 fully saturated rings. The minimum atomic E-state index is -0.0113. The number of hydrogen-bond acceptors (Lipinski definition) is 2. The fraction of sp³-hybridized carbons (Fsp3) is 0.400. The highest BCUT2D eigenvalue weighted by atomic mass is 16.5. The van der Waals surface area contributed by atoms with E-state index in [0.29, 0.717) is 18.4 Å². The standard InChI is InChI=1S/C15H15NO2/c1-8-12-7-18-15(17)11(12)6-10-9-4-2-3-5-13(9)16-14(8)10/h2-5,8,11-12,16H,6-7H2,1H3. The van der Waals surface area contributed by atoms with Gasteiger partial charge in [-0.1, -0.05) is 25.1 Å². The molecule has 2 heterocycles. The Kier molecular flexibility index (Phi) is 1.91. The minimum Gasteiger partial charge on any atom is -0.465 e. The van der Waals surface area contributed by atoms with Crippen LogP contribution in [0.25, 0.3) is 10.9 Å². The second-order valence-corrected chi connectivity index (χ2v) is 5.46. The van der Waals surface area contributed by atoms with E-state index in [2.05, 4.69) is 30.1 Å². The predicted molar refractivity (Wildman–Crippen MR) is 68.4 cm³/mol. The molecule has 3 unspecified atom stereocenters. The van der Waals surface area contributed by atoms with Gasteiger partial charge in [-0.25, -0.2) is 0 Å². The van der Waals surface area contributed by atoms with Crippen LogP contribution in [0.5, 0.6) is 0 Å². The summed E-state index contributed by atoms with van der Waals surface area (Å²) in [4.78, 5) is 15.3. The Balaban J connectivity index is 1.93. The number of benzene rings is 1. The maximum atomic E-state index is 11.8. The lowest BCUT2D eigenvalue weighted by molar-refractivity contribution is -0.141. The Hall–Kier alpha value is -1.77. The molecule has 1 aliphatic heterocycles. The second kappa shape index (κ2) is 3.37. The van der Waals surface area contributed by atoms with Crippen LogP contribution in [0.2, 0.25) is 0 Å². The third-order valence-electron chi connectivity index (χ3n) is 4.61. The van der Waals surface area contributed by atoms with Crippen molar-refractivity contribution < 1.29 is 9.53 Å². The molecule has 0 amide bonds. The summed E-state index contributed by atoms with van der Waals surface area (Å²) < 4.78 is 5.23. The second-order valence-electron chi connectivity index (χ2n) is 5.46.